The van der Waals surface area contributed by atoms with Crippen molar-refractivity contribution >= 4 is 17.7 Å². The van der Waals surface area contributed by atoms with E-state index in [4.69, 9.17) is 9.47 Å². The number of rotatable bonds is 11. The van der Waals surface area contributed by atoms with Crippen molar-refractivity contribution < 1.29 is 39.2 Å². The molecule has 2 saturated carbocycles. The van der Waals surface area contributed by atoms with E-state index in [1.165, 1.54) is 26.2 Å². The topological polar surface area (TPSA) is 130 Å². The van der Waals surface area contributed by atoms with Gasteiger partial charge in [-0.2, -0.15) is 0 Å². The Kier molecular flexibility index (Phi) is 8.50. The molecule has 0 radical (unpaired) electrons. The van der Waals surface area contributed by atoms with Crippen LogP contribution in [0.3, 0.4) is 0 Å². The summed E-state index contributed by atoms with van der Waals surface area (Å²) in [5.74, 6) is -4.30. The van der Waals surface area contributed by atoms with Crippen molar-refractivity contribution in [3.05, 3.63) is 23.3 Å². The molecule has 3 N–H and O–H groups in total. The van der Waals surface area contributed by atoms with E-state index >= 15 is 0 Å². The maximum Gasteiger partial charge on any atom is 0.306 e. The molecule has 2 fully saturated rings. The van der Waals surface area contributed by atoms with Gasteiger partial charge in [0.15, 0.2) is 11.4 Å². The van der Waals surface area contributed by atoms with Crippen LogP contribution in [0.1, 0.15) is 99.3 Å². The number of carbonyl (C=O) groups excluding carboxylic acids is 3. The van der Waals surface area contributed by atoms with Gasteiger partial charge in [-0.3, -0.25) is 14.4 Å². The number of aliphatic hydroxyl groups is 3. The van der Waals surface area contributed by atoms with Crippen molar-refractivity contribution in [2.45, 2.75) is 122 Å². The Morgan fingerprint density at radius 1 is 1.05 bits per heavy atom. The number of aliphatic hydroxyl groups excluding tert-OH is 1. The summed E-state index contributed by atoms with van der Waals surface area (Å²) in [6.45, 7) is 10.3. The van der Waals surface area contributed by atoms with E-state index in [2.05, 4.69) is 6.92 Å². The minimum Gasteiger partial charge on any atom is -0.458 e. The van der Waals surface area contributed by atoms with Crippen molar-refractivity contribution in [1.82, 2.24) is 0 Å². The van der Waals surface area contributed by atoms with Gasteiger partial charge in [-0.05, 0) is 24.5 Å². The lowest BCUT2D eigenvalue weighted by Crippen LogP contribution is -2.66. The summed E-state index contributed by atoms with van der Waals surface area (Å²) in [6.07, 6.45) is 9.92. The van der Waals surface area contributed by atoms with Gasteiger partial charge in [0.1, 0.15) is 11.7 Å². The van der Waals surface area contributed by atoms with E-state index < -0.39 is 69.7 Å². The molecule has 0 heterocycles. The first kappa shape index (κ1) is 30.9. The van der Waals surface area contributed by atoms with E-state index in [0.717, 1.165) is 19.3 Å². The maximum absolute atomic E-state index is 13.2. The molecule has 0 aromatic carbocycles. The highest BCUT2D eigenvalue weighted by molar-refractivity contribution is 6.04. The third kappa shape index (κ3) is 4.58. The Hall–Kier alpha value is -2.03. The van der Waals surface area contributed by atoms with E-state index in [-0.39, 0.29) is 19.4 Å². The molecule has 40 heavy (non-hydrogen) atoms. The van der Waals surface area contributed by atoms with Gasteiger partial charge in [0.2, 0.25) is 0 Å². The molecule has 0 aromatic heterocycles. The summed E-state index contributed by atoms with van der Waals surface area (Å²) < 4.78 is 12.2. The molecule has 0 bridgehead atoms. The summed E-state index contributed by atoms with van der Waals surface area (Å²) in [4.78, 5) is 38.9. The zero-order valence-corrected chi connectivity index (χ0v) is 25.0. The smallest absolute Gasteiger partial charge is 0.306 e. The standard InChI is InChI=1S/C32H48O8/c1-7-8-9-10-11-12-13-14-25(35)39-28-20(3)31(38)23(26-29(5,6)32(26,28)40-21(4)34)16-22(18-33)17-30(37)24(31)15-19(2)27(30)36/h15-16,20,23-24,26,28,33,37-38H,7-14,17-18H2,1-6H3/t20-,23+,24-,26-,28-,30-,31-,32-/m1/s1. The van der Waals surface area contributed by atoms with Gasteiger partial charge in [0, 0.05) is 48.9 Å². The van der Waals surface area contributed by atoms with Gasteiger partial charge in [0.25, 0.3) is 0 Å². The Balaban J connectivity index is 1.69. The fourth-order valence-electron chi connectivity index (χ4n) is 8.49. The predicted molar refractivity (Wildman–Crippen MR) is 149 cm³/mol. The molecule has 0 aromatic rings. The van der Waals surface area contributed by atoms with Crippen LogP contribution in [0.4, 0.5) is 0 Å². The average molecular weight is 561 g/mol. The third-order valence-electron chi connectivity index (χ3n) is 10.5. The molecule has 0 spiro atoms. The van der Waals surface area contributed by atoms with Crippen molar-refractivity contribution in [3.63, 3.8) is 0 Å². The maximum atomic E-state index is 13.2. The molecule has 8 atom stereocenters. The highest BCUT2D eigenvalue weighted by atomic mass is 16.6. The largest absolute Gasteiger partial charge is 0.458 e. The molecule has 8 heteroatoms. The first-order valence-corrected chi connectivity index (χ1v) is 15.1. The quantitative estimate of drug-likeness (QED) is 0.195. The summed E-state index contributed by atoms with van der Waals surface area (Å²) >= 11 is 0. The number of fused-ring (bicyclic) bond motifs is 5. The van der Waals surface area contributed by atoms with E-state index in [1.54, 1.807) is 26.0 Å². The van der Waals surface area contributed by atoms with Crippen molar-refractivity contribution in [2.24, 2.45) is 29.1 Å². The fourth-order valence-corrected chi connectivity index (χ4v) is 8.49. The Bertz CT molecular complexity index is 1090. The first-order valence-electron chi connectivity index (χ1n) is 15.1. The zero-order valence-electron chi connectivity index (χ0n) is 25.0. The molecule has 0 aliphatic heterocycles. The molecule has 4 rings (SSSR count). The summed E-state index contributed by atoms with van der Waals surface area (Å²) in [5.41, 5.74) is -4.70. The molecule has 0 unspecified atom stereocenters. The summed E-state index contributed by atoms with van der Waals surface area (Å²) in [7, 11) is 0. The van der Waals surface area contributed by atoms with Gasteiger partial charge >= 0.3 is 11.9 Å². The molecule has 4 aliphatic carbocycles. The van der Waals surface area contributed by atoms with Gasteiger partial charge in [0.05, 0.1) is 12.2 Å². The average Bonchev–Trinajstić information content (AvgIpc) is 3.31. The van der Waals surface area contributed by atoms with Crippen LogP contribution < -0.4 is 0 Å². The van der Waals surface area contributed by atoms with Crippen LogP contribution in [-0.2, 0) is 23.9 Å². The van der Waals surface area contributed by atoms with Crippen LogP contribution in [0.15, 0.2) is 23.3 Å². The molecular weight excluding hydrogens is 512 g/mol. The number of hydrogen-bond acceptors (Lipinski definition) is 8. The lowest BCUT2D eigenvalue weighted by atomic mass is 9.59. The number of ketones is 1. The van der Waals surface area contributed by atoms with Crippen molar-refractivity contribution in [2.75, 3.05) is 6.61 Å². The molecule has 0 amide bonds. The number of hydrogen-bond donors (Lipinski definition) is 3. The van der Waals surface area contributed by atoms with Crippen LogP contribution in [0, 0.1) is 29.1 Å². The van der Waals surface area contributed by atoms with Crippen molar-refractivity contribution in [1.29, 1.82) is 0 Å². The number of ether oxygens (including phenoxy) is 2. The van der Waals surface area contributed by atoms with Gasteiger partial charge in [-0.15, -0.1) is 0 Å². The second-order valence-corrected chi connectivity index (χ2v) is 13.3. The van der Waals surface area contributed by atoms with Crippen LogP contribution >= 0.6 is 0 Å². The second-order valence-electron chi connectivity index (χ2n) is 13.3. The molecule has 4 aliphatic rings. The highest BCUT2D eigenvalue weighted by Gasteiger charge is 2.87. The molecule has 224 valence electrons. The zero-order chi connectivity index (χ0) is 29.7. The Morgan fingerprint density at radius 3 is 2.27 bits per heavy atom. The Morgan fingerprint density at radius 2 is 1.68 bits per heavy atom. The SMILES string of the molecule is CCCCCCCCCC(=O)O[C@@H]1[C@@H](C)[C@@]2(O)[C@@H](C=C(CO)C[C@]3(O)C(=O)C(C)=C[C@@H]23)[C@@H]2C(C)(C)[C@]12OC(C)=O. The van der Waals surface area contributed by atoms with Crippen molar-refractivity contribution in [3.8, 4) is 0 Å². The van der Waals surface area contributed by atoms with Crippen LogP contribution in [0.5, 0.6) is 0 Å². The monoisotopic (exact) mass is 560 g/mol. The lowest BCUT2D eigenvalue weighted by molar-refractivity contribution is -0.228. The van der Waals surface area contributed by atoms with E-state index in [0.29, 0.717) is 17.6 Å². The van der Waals surface area contributed by atoms with Crippen LogP contribution in [0.25, 0.3) is 0 Å². The normalized spacial score (nSPS) is 39.2. The fraction of sp³-hybridized carbons (Fsp3) is 0.781. The minimum absolute atomic E-state index is 0.108. The molecular formula is C32H48O8. The number of Topliss-reactive ketones (excluding diaryl/α,β-unsaturated/α-hetero) is 1. The third-order valence-corrected chi connectivity index (χ3v) is 10.5. The molecule has 8 nitrogen and oxygen atoms in total. The van der Waals surface area contributed by atoms with Crippen LogP contribution in [-0.4, -0.2) is 62.6 Å². The first-order chi connectivity index (χ1) is 18.7. The van der Waals surface area contributed by atoms with E-state index in [1.807, 2.05) is 13.8 Å². The number of esters is 2. The van der Waals surface area contributed by atoms with Gasteiger partial charge in [-0.25, -0.2) is 0 Å². The Labute approximate surface area is 238 Å². The van der Waals surface area contributed by atoms with Crippen LogP contribution in [0.2, 0.25) is 0 Å². The second kappa shape index (κ2) is 11.0. The van der Waals surface area contributed by atoms with Gasteiger partial charge in [-0.1, -0.05) is 78.4 Å². The lowest BCUT2D eigenvalue weighted by Gasteiger charge is -2.53. The van der Waals surface area contributed by atoms with E-state index in [9.17, 15) is 29.7 Å². The summed E-state index contributed by atoms with van der Waals surface area (Å²) in [6, 6.07) is 0. The molecule has 0 saturated heterocycles. The predicted octanol–water partition coefficient (Wildman–Crippen LogP) is 4.19. The number of carbonyl (C=O) groups is 3. The van der Waals surface area contributed by atoms with Gasteiger partial charge < -0.3 is 24.8 Å². The summed E-state index contributed by atoms with van der Waals surface area (Å²) in [5, 5.41) is 34.6. The highest BCUT2D eigenvalue weighted by Crippen LogP contribution is 2.77. The minimum atomic E-state index is -1.93. The number of unbranched alkanes of at least 4 members (excludes halogenated alkanes) is 6.